The average Bonchev–Trinajstić information content (AvgIpc) is 2.64. The third kappa shape index (κ3) is 7.21. The Hall–Kier alpha value is -1.98. The third-order valence-electron chi connectivity index (χ3n) is 4.04. The molecule has 0 unspecified atom stereocenters. The molecule has 1 atom stereocenters. The van der Waals surface area contributed by atoms with Crippen molar-refractivity contribution in [1.82, 2.24) is 10.2 Å². The Morgan fingerprint density at radius 1 is 1.07 bits per heavy atom. The fourth-order valence-electron chi connectivity index (χ4n) is 2.59. The summed E-state index contributed by atoms with van der Waals surface area (Å²) in [4.78, 5) is 28.3. The van der Waals surface area contributed by atoms with E-state index in [2.05, 4.69) is 5.32 Å². The summed E-state index contributed by atoms with van der Waals surface area (Å²) >= 11 is 7.43. The predicted octanol–water partition coefficient (Wildman–Crippen LogP) is 4.76. The van der Waals surface area contributed by atoms with Crippen molar-refractivity contribution in [3.63, 3.8) is 0 Å². The molecular formula is C22H27ClN2O2S. The van der Waals surface area contributed by atoms with Gasteiger partial charge in [-0.25, -0.2) is 0 Å². The number of amides is 2. The van der Waals surface area contributed by atoms with Crippen LogP contribution in [-0.4, -0.2) is 34.0 Å². The summed E-state index contributed by atoms with van der Waals surface area (Å²) in [6.07, 6.45) is 0. The topological polar surface area (TPSA) is 49.4 Å². The molecule has 0 aliphatic heterocycles. The second kappa shape index (κ2) is 9.99. The maximum absolute atomic E-state index is 13.0. The molecule has 0 saturated carbocycles. The van der Waals surface area contributed by atoms with Gasteiger partial charge in [0.05, 0.1) is 5.75 Å². The summed E-state index contributed by atoms with van der Waals surface area (Å²) < 4.78 is 0. The fraction of sp³-hybridized carbons (Fsp3) is 0.364. The van der Waals surface area contributed by atoms with Gasteiger partial charge < -0.3 is 10.2 Å². The summed E-state index contributed by atoms with van der Waals surface area (Å²) in [5.74, 6) is 0.0185. The molecule has 4 nitrogen and oxygen atoms in total. The van der Waals surface area contributed by atoms with Gasteiger partial charge in [0.2, 0.25) is 11.8 Å². The first-order chi connectivity index (χ1) is 13.2. The van der Waals surface area contributed by atoms with Crippen molar-refractivity contribution in [1.29, 1.82) is 0 Å². The molecule has 150 valence electrons. The number of hydrogen-bond donors (Lipinski definition) is 1. The molecule has 2 aromatic rings. The minimum Gasteiger partial charge on any atom is -0.350 e. The van der Waals surface area contributed by atoms with Crippen LogP contribution in [0.2, 0.25) is 5.02 Å². The lowest BCUT2D eigenvalue weighted by Gasteiger charge is -2.31. The number of carbonyl (C=O) groups excluding carboxylic acids is 2. The van der Waals surface area contributed by atoms with Crippen molar-refractivity contribution < 1.29 is 9.59 Å². The van der Waals surface area contributed by atoms with E-state index in [0.29, 0.717) is 11.6 Å². The molecule has 2 rings (SSSR count). The second-order valence-corrected chi connectivity index (χ2v) is 9.15. The second-order valence-electron chi connectivity index (χ2n) is 7.67. The average molecular weight is 419 g/mol. The number of hydrogen-bond acceptors (Lipinski definition) is 3. The van der Waals surface area contributed by atoms with Crippen LogP contribution in [0.1, 0.15) is 33.3 Å². The molecule has 0 aliphatic rings. The van der Waals surface area contributed by atoms with E-state index in [4.69, 9.17) is 11.6 Å². The van der Waals surface area contributed by atoms with Crippen LogP contribution in [-0.2, 0) is 16.1 Å². The Morgan fingerprint density at radius 3 is 2.25 bits per heavy atom. The van der Waals surface area contributed by atoms with E-state index in [9.17, 15) is 9.59 Å². The highest BCUT2D eigenvalue weighted by atomic mass is 35.5. The monoisotopic (exact) mass is 418 g/mol. The summed E-state index contributed by atoms with van der Waals surface area (Å²) in [6, 6.07) is 16.5. The predicted molar refractivity (Wildman–Crippen MR) is 117 cm³/mol. The number of halogens is 1. The number of nitrogens with one attached hydrogen (secondary N) is 1. The lowest BCUT2D eigenvalue weighted by molar-refractivity contribution is -0.139. The number of nitrogens with zero attached hydrogens (tertiary/aromatic N) is 1. The van der Waals surface area contributed by atoms with Gasteiger partial charge in [0.25, 0.3) is 0 Å². The Kier molecular flexibility index (Phi) is 7.96. The van der Waals surface area contributed by atoms with Gasteiger partial charge in [0.1, 0.15) is 6.04 Å². The lowest BCUT2D eigenvalue weighted by atomic mass is 10.1. The fourth-order valence-corrected chi connectivity index (χ4v) is 3.52. The molecule has 0 fully saturated rings. The summed E-state index contributed by atoms with van der Waals surface area (Å²) in [7, 11) is 0. The van der Waals surface area contributed by atoms with Gasteiger partial charge in [-0.15, -0.1) is 11.8 Å². The highest BCUT2D eigenvalue weighted by Gasteiger charge is 2.28. The smallest absolute Gasteiger partial charge is 0.242 e. The van der Waals surface area contributed by atoms with Crippen molar-refractivity contribution in [2.75, 3.05) is 5.75 Å². The van der Waals surface area contributed by atoms with E-state index >= 15 is 0 Å². The molecule has 1 N–H and O–H groups in total. The number of carbonyl (C=O) groups is 2. The van der Waals surface area contributed by atoms with Crippen molar-refractivity contribution in [3.05, 3.63) is 65.2 Å². The summed E-state index contributed by atoms with van der Waals surface area (Å²) in [5, 5.41) is 3.60. The zero-order chi connectivity index (χ0) is 20.7. The number of benzene rings is 2. The molecule has 0 bridgehead atoms. The van der Waals surface area contributed by atoms with Gasteiger partial charge in [0, 0.05) is 22.0 Å². The standard InChI is InChI=1S/C22H27ClN2O2S/c1-16(21(27)24-22(2,3)4)25(14-17-10-12-18(23)13-11-17)20(26)15-28-19-8-6-5-7-9-19/h5-13,16H,14-15H2,1-4H3,(H,24,27)/t16-/m0/s1. The van der Waals surface area contributed by atoms with E-state index in [1.165, 1.54) is 11.8 Å². The molecule has 6 heteroatoms. The molecular weight excluding hydrogens is 392 g/mol. The van der Waals surface area contributed by atoms with Gasteiger partial charge in [-0.3, -0.25) is 9.59 Å². The highest BCUT2D eigenvalue weighted by molar-refractivity contribution is 8.00. The van der Waals surface area contributed by atoms with Gasteiger partial charge >= 0.3 is 0 Å². The number of rotatable bonds is 7. The van der Waals surface area contributed by atoms with Crippen LogP contribution in [0.25, 0.3) is 0 Å². The van der Waals surface area contributed by atoms with Crippen LogP contribution in [0, 0.1) is 0 Å². The first-order valence-corrected chi connectivity index (χ1v) is 10.6. The zero-order valence-corrected chi connectivity index (χ0v) is 18.3. The van der Waals surface area contributed by atoms with Crippen LogP contribution in [0.15, 0.2) is 59.5 Å². The molecule has 0 aliphatic carbocycles. The van der Waals surface area contributed by atoms with Crippen molar-refractivity contribution >= 4 is 35.2 Å². The van der Waals surface area contributed by atoms with Crippen LogP contribution < -0.4 is 5.32 Å². The van der Waals surface area contributed by atoms with E-state index in [-0.39, 0.29) is 23.1 Å². The van der Waals surface area contributed by atoms with Crippen molar-refractivity contribution in [2.24, 2.45) is 0 Å². The maximum atomic E-state index is 13.0. The van der Waals surface area contributed by atoms with Crippen molar-refractivity contribution in [2.45, 2.75) is 50.7 Å². The molecule has 28 heavy (non-hydrogen) atoms. The molecule has 0 heterocycles. The Balaban J connectivity index is 2.15. The molecule has 0 saturated heterocycles. The van der Waals surface area contributed by atoms with Gasteiger partial charge in [-0.2, -0.15) is 0 Å². The van der Waals surface area contributed by atoms with Crippen LogP contribution in [0.3, 0.4) is 0 Å². The minimum atomic E-state index is -0.584. The van der Waals surface area contributed by atoms with Crippen LogP contribution in [0.5, 0.6) is 0 Å². The Bertz CT molecular complexity index is 788. The van der Waals surface area contributed by atoms with E-state index in [0.717, 1.165) is 10.5 Å². The Labute approximate surface area is 176 Å². The molecule has 2 aromatic carbocycles. The molecule has 2 amide bonds. The number of thioether (sulfide) groups is 1. The van der Waals surface area contributed by atoms with E-state index in [1.54, 1.807) is 24.0 Å². The normalized spacial score (nSPS) is 12.3. The lowest BCUT2D eigenvalue weighted by Crippen LogP contribution is -2.52. The van der Waals surface area contributed by atoms with E-state index < -0.39 is 6.04 Å². The van der Waals surface area contributed by atoms with Crippen molar-refractivity contribution in [3.8, 4) is 0 Å². The molecule has 0 radical (unpaired) electrons. The van der Waals surface area contributed by atoms with Gasteiger partial charge in [-0.05, 0) is 57.5 Å². The molecule has 0 spiro atoms. The third-order valence-corrected chi connectivity index (χ3v) is 5.29. The minimum absolute atomic E-state index is 0.0830. The summed E-state index contributed by atoms with van der Waals surface area (Å²) in [5.41, 5.74) is 0.567. The van der Waals surface area contributed by atoms with Gasteiger partial charge in [-0.1, -0.05) is 41.9 Å². The van der Waals surface area contributed by atoms with Crippen LogP contribution in [0.4, 0.5) is 0 Å². The summed E-state index contributed by atoms with van der Waals surface area (Å²) in [6.45, 7) is 7.89. The maximum Gasteiger partial charge on any atom is 0.242 e. The molecule has 0 aromatic heterocycles. The first-order valence-electron chi connectivity index (χ1n) is 9.19. The highest BCUT2D eigenvalue weighted by Crippen LogP contribution is 2.20. The van der Waals surface area contributed by atoms with E-state index in [1.807, 2.05) is 63.2 Å². The first kappa shape index (κ1) is 22.3. The zero-order valence-electron chi connectivity index (χ0n) is 16.7. The largest absolute Gasteiger partial charge is 0.350 e. The Morgan fingerprint density at radius 2 is 1.68 bits per heavy atom. The van der Waals surface area contributed by atoms with Gasteiger partial charge in [0.15, 0.2) is 0 Å². The quantitative estimate of drug-likeness (QED) is 0.659. The SMILES string of the molecule is C[C@@H](C(=O)NC(C)(C)C)N(Cc1ccc(Cl)cc1)C(=O)CSc1ccccc1. The van der Waals surface area contributed by atoms with Crippen LogP contribution >= 0.6 is 23.4 Å².